The molecule has 96 valence electrons. The third-order valence-electron chi connectivity index (χ3n) is 4.06. The number of hydrogen-bond acceptors (Lipinski definition) is 0. The molecule has 0 unspecified atom stereocenters. The normalized spacial score (nSPS) is 14.7. The smallest absolute Gasteiger partial charge is 0.103 e. The summed E-state index contributed by atoms with van der Waals surface area (Å²) >= 11 is 7.16. The lowest BCUT2D eigenvalue weighted by Crippen LogP contribution is -2.18. The van der Waals surface area contributed by atoms with E-state index in [-0.39, 0.29) is 0 Å². The number of halogens is 1. The van der Waals surface area contributed by atoms with E-state index in [2.05, 4.69) is 60.7 Å². The second-order valence-corrected chi connectivity index (χ2v) is 5.68. The monoisotopic (exact) mass is 276 g/mol. The molecule has 0 aliphatic heterocycles. The fourth-order valence-corrected chi connectivity index (χ4v) is 3.62. The minimum atomic E-state index is -0.575. The fraction of sp³-hybridized carbons (Fsp3) is 0.0526. The minimum absolute atomic E-state index is 0.575. The summed E-state index contributed by atoms with van der Waals surface area (Å²) in [5.74, 6) is 0. The van der Waals surface area contributed by atoms with Crippen LogP contribution in [0.25, 0.3) is 11.1 Å². The maximum atomic E-state index is 7.16. The molecule has 0 saturated heterocycles. The lowest BCUT2D eigenvalue weighted by Gasteiger charge is -2.25. The highest BCUT2D eigenvalue weighted by molar-refractivity contribution is 6.30. The van der Waals surface area contributed by atoms with Crippen molar-refractivity contribution in [3.05, 3.63) is 95.6 Å². The van der Waals surface area contributed by atoms with Crippen LogP contribution in [0.2, 0.25) is 0 Å². The van der Waals surface area contributed by atoms with Gasteiger partial charge < -0.3 is 0 Å². The van der Waals surface area contributed by atoms with E-state index in [1.807, 2.05) is 18.2 Å². The molecule has 20 heavy (non-hydrogen) atoms. The van der Waals surface area contributed by atoms with Gasteiger partial charge in [0.05, 0.1) is 0 Å². The fourth-order valence-electron chi connectivity index (χ4n) is 3.16. The molecule has 3 aromatic carbocycles. The molecule has 3 aromatic rings. The van der Waals surface area contributed by atoms with Crippen molar-refractivity contribution in [3.63, 3.8) is 0 Å². The van der Waals surface area contributed by atoms with Crippen LogP contribution in [-0.2, 0) is 4.87 Å². The Morgan fingerprint density at radius 2 is 1.00 bits per heavy atom. The van der Waals surface area contributed by atoms with Gasteiger partial charge in [0.1, 0.15) is 4.87 Å². The molecule has 0 amide bonds. The molecular weight excluding hydrogens is 264 g/mol. The molecule has 0 bridgehead atoms. The van der Waals surface area contributed by atoms with Crippen LogP contribution < -0.4 is 0 Å². The summed E-state index contributed by atoms with van der Waals surface area (Å²) in [5.41, 5.74) is 5.95. The standard InChI is InChI=1S/C19H13Cl/c20-19(14-8-2-1-3-9-14)17-12-6-4-10-15(17)16-11-5-7-13-18(16)19/h1-13H. The first-order valence-electron chi connectivity index (χ1n) is 6.75. The van der Waals surface area contributed by atoms with Gasteiger partial charge in [-0.3, -0.25) is 0 Å². The summed E-state index contributed by atoms with van der Waals surface area (Å²) in [5, 5.41) is 0. The summed E-state index contributed by atoms with van der Waals surface area (Å²) in [4.78, 5) is -0.575. The summed E-state index contributed by atoms with van der Waals surface area (Å²) in [7, 11) is 0. The predicted molar refractivity (Wildman–Crippen MR) is 84.1 cm³/mol. The molecule has 1 aliphatic rings. The Morgan fingerprint density at radius 1 is 0.550 bits per heavy atom. The van der Waals surface area contributed by atoms with Gasteiger partial charge in [0.2, 0.25) is 0 Å². The topological polar surface area (TPSA) is 0 Å². The van der Waals surface area contributed by atoms with Crippen LogP contribution in [0.5, 0.6) is 0 Å². The Kier molecular flexibility index (Phi) is 2.48. The van der Waals surface area contributed by atoms with E-state index in [0.29, 0.717) is 0 Å². The molecule has 0 nitrogen and oxygen atoms in total. The van der Waals surface area contributed by atoms with Gasteiger partial charge in [0.15, 0.2) is 0 Å². The van der Waals surface area contributed by atoms with Crippen LogP contribution in [-0.4, -0.2) is 0 Å². The van der Waals surface area contributed by atoms with Crippen LogP contribution in [0.4, 0.5) is 0 Å². The molecule has 1 heteroatoms. The van der Waals surface area contributed by atoms with Crippen molar-refractivity contribution in [2.75, 3.05) is 0 Å². The van der Waals surface area contributed by atoms with Gasteiger partial charge in [-0.05, 0) is 27.8 Å². The van der Waals surface area contributed by atoms with Crippen molar-refractivity contribution in [3.8, 4) is 11.1 Å². The lowest BCUT2D eigenvalue weighted by atomic mass is 9.88. The molecule has 0 N–H and O–H groups in total. The average molecular weight is 277 g/mol. The summed E-state index contributed by atoms with van der Waals surface area (Å²) in [6.07, 6.45) is 0. The number of fused-ring (bicyclic) bond motifs is 3. The Bertz CT molecular complexity index is 729. The lowest BCUT2D eigenvalue weighted by molar-refractivity contribution is 0.911. The van der Waals surface area contributed by atoms with Crippen LogP contribution >= 0.6 is 11.6 Å². The minimum Gasteiger partial charge on any atom is -0.103 e. The van der Waals surface area contributed by atoms with Gasteiger partial charge in [-0.2, -0.15) is 0 Å². The number of rotatable bonds is 1. The first kappa shape index (κ1) is 11.7. The Hall–Kier alpha value is -2.05. The van der Waals surface area contributed by atoms with Crippen molar-refractivity contribution >= 4 is 11.6 Å². The first-order valence-corrected chi connectivity index (χ1v) is 7.13. The molecule has 0 spiro atoms. The highest BCUT2D eigenvalue weighted by atomic mass is 35.5. The zero-order valence-electron chi connectivity index (χ0n) is 10.9. The molecule has 1 aliphatic carbocycles. The molecular formula is C19H13Cl. The maximum Gasteiger partial charge on any atom is 0.121 e. The van der Waals surface area contributed by atoms with Crippen molar-refractivity contribution in [2.45, 2.75) is 4.87 Å². The van der Waals surface area contributed by atoms with E-state index in [4.69, 9.17) is 11.6 Å². The summed E-state index contributed by atoms with van der Waals surface area (Å²) in [6.45, 7) is 0. The average Bonchev–Trinajstić information content (AvgIpc) is 2.80. The van der Waals surface area contributed by atoms with E-state index in [1.54, 1.807) is 0 Å². The van der Waals surface area contributed by atoms with E-state index >= 15 is 0 Å². The Balaban J connectivity index is 2.10. The van der Waals surface area contributed by atoms with Gasteiger partial charge in [-0.25, -0.2) is 0 Å². The number of alkyl halides is 1. The van der Waals surface area contributed by atoms with Gasteiger partial charge >= 0.3 is 0 Å². The molecule has 0 aromatic heterocycles. The van der Waals surface area contributed by atoms with Crippen molar-refractivity contribution in [2.24, 2.45) is 0 Å². The highest BCUT2D eigenvalue weighted by Gasteiger charge is 2.42. The van der Waals surface area contributed by atoms with Crippen LogP contribution in [0.1, 0.15) is 16.7 Å². The molecule has 4 rings (SSSR count). The number of hydrogen-bond donors (Lipinski definition) is 0. The van der Waals surface area contributed by atoms with Gasteiger partial charge in [0, 0.05) is 0 Å². The summed E-state index contributed by atoms with van der Waals surface area (Å²) in [6, 6.07) is 27.2. The zero-order valence-corrected chi connectivity index (χ0v) is 11.6. The van der Waals surface area contributed by atoms with Gasteiger partial charge in [-0.1, -0.05) is 78.9 Å². The van der Waals surface area contributed by atoms with Crippen LogP contribution in [0.3, 0.4) is 0 Å². The van der Waals surface area contributed by atoms with Crippen LogP contribution in [0, 0.1) is 0 Å². The second-order valence-electron chi connectivity index (χ2n) is 5.12. The molecule has 0 atom stereocenters. The highest BCUT2D eigenvalue weighted by Crippen LogP contribution is 2.54. The van der Waals surface area contributed by atoms with Gasteiger partial charge in [0.25, 0.3) is 0 Å². The van der Waals surface area contributed by atoms with E-state index in [9.17, 15) is 0 Å². The van der Waals surface area contributed by atoms with E-state index in [0.717, 1.165) is 5.56 Å². The first-order chi connectivity index (χ1) is 9.82. The van der Waals surface area contributed by atoms with Crippen LogP contribution in [0.15, 0.2) is 78.9 Å². The quantitative estimate of drug-likeness (QED) is 0.536. The molecule has 0 fully saturated rings. The molecule has 0 radical (unpaired) electrons. The van der Waals surface area contributed by atoms with Crippen molar-refractivity contribution in [1.29, 1.82) is 0 Å². The predicted octanol–water partition coefficient (Wildman–Crippen LogP) is 5.20. The van der Waals surface area contributed by atoms with Gasteiger partial charge in [-0.15, -0.1) is 11.6 Å². The third kappa shape index (κ3) is 1.43. The largest absolute Gasteiger partial charge is 0.121 e. The molecule has 0 saturated carbocycles. The molecule has 0 heterocycles. The Labute approximate surface area is 123 Å². The summed E-state index contributed by atoms with van der Waals surface area (Å²) < 4.78 is 0. The number of benzene rings is 3. The van der Waals surface area contributed by atoms with Crippen molar-refractivity contribution < 1.29 is 0 Å². The van der Waals surface area contributed by atoms with E-state index in [1.165, 1.54) is 22.3 Å². The SMILES string of the molecule is ClC1(c2ccccc2)c2ccccc2-c2ccccc21. The zero-order chi connectivity index (χ0) is 13.6. The van der Waals surface area contributed by atoms with E-state index < -0.39 is 4.87 Å². The Morgan fingerprint density at radius 3 is 1.55 bits per heavy atom. The maximum absolute atomic E-state index is 7.16. The van der Waals surface area contributed by atoms with Crippen molar-refractivity contribution in [1.82, 2.24) is 0 Å². The third-order valence-corrected chi connectivity index (χ3v) is 4.68. The second kappa shape index (κ2) is 4.22.